The minimum Gasteiger partial charge on any atom is -0.671 e. The number of aliphatic imine (C=N–C) groups is 2. The molecule has 0 unspecified atom stereocenters. The second kappa shape index (κ2) is 16.9. The molecule has 9 heteroatoms. The standard InChI is InChI=1S/2C24H23N4.Co/c2*1-12-9-13(2)20(14(3)10-12)21(23-15(4)19(11-25)17(6)27-23)24-16(5)22(26-8)18(7)28-24;/h2*9-10H,1-7H3;/q2*-1;+2/b24-21-;23-21-;. The Morgan fingerprint density at radius 2 is 1.02 bits per heavy atom. The van der Waals surface area contributed by atoms with E-state index >= 15 is 0 Å². The molecule has 8 nitrogen and oxygen atoms in total. The molecule has 4 aromatic rings. The fourth-order valence-electron chi connectivity index (χ4n) is 8.25. The van der Waals surface area contributed by atoms with Gasteiger partial charge in [0.05, 0.1) is 41.9 Å². The smallest absolute Gasteiger partial charge is 0.671 e. The van der Waals surface area contributed by atoms with Gasteiger partial charge in [0, 0.05) is 11.3 Å². The Hall–Kier alpha value is -6.23. The van der Waals surface area contributed by atoms with E-state index in [0.717, 1.165) is 112 Å². The predicted molar refractivity (Wildman–Crippen MR) is 227 cm³/mol. The molecule has 0 spiro atoms. The van der Waals surface area contributed by atoms with E-state index in [1.807, 2.05) is 55.4 Å². The quantitative estimate of drug-likeness (QED) is 0.192. The largest absolute Gasteiger partial charge is 2.00 e. The Labute approximate surface area is 348 Å². The van der Waals surface area contributed by atoms with Gasteiger partial charge in [-0.05, 0) is 137 Å². The molecule has 0 aliphatic carbocycles. The Morgan fingerprint density at radius 1 is 0.579 bits per heavy atom. The third kappa shape index (κ3) is 7.66. The van der Waals surface area contributed by atoms with Crippen LogP contribution in [0, 0.1) is 105 Å². The summed E-state index contributed by atoms with van der Waals surface area (Å²) in [6, 6.07) is 13.2. The normalized spacial score (nSPS) is 15.1. The second-order valence-electron chi connectivity index (χ2n) is 14.9. The van der Waals surface area contributed by atoms with Crippen molar-refractivity contribution in [1.82, 2.24) is 9.97 Å². The number of nitrogens with zero attached hydrogens (tertiary/aromatic N) is 8. The zero-order chi connectivity index (χ0) is 41.5. The Morgan fingerprint density at radius 3 is 1.39 bits per heavy atom. The Balaban J connectivity index is 0.000000248. The van der Waals surface area contributed by atoms with E-state index in [1.54, 1.807) is 0 Å². The van der Waals surface area contributed by atoms with Crippen LogP contribution >= 0.6 is 0 Å². The topological polar surface area (TPSA) is 109 Å². The molecule has 2 aliphatic heterocycles. The fraction of sp³-hybridized carbons (Fsp3) is 0.292. The van der Waals surface area contributed by atoms with Crippen LogP contribution in [0.1, 0.15) is 112 Å². The van der Waals surface area contributed by atoms with Crippen molar-refractivity contribution >= 4 is 28.3 Å². The monoisotopic (exact) mass is 793 g/mol. The van der Waals surface area contributed by atoms with Gasteiger partial charge in [0.25, 0.3) is 0 Å². The molecule has 0 fully saturated rings. The first-order valence-electron chi connectivity index (χ1n) is 18.4. The van der Waals surface area contributed by atoms with Gasteiger partial charge in [-0.1, -0.05) is 61.7 Å². The minimum absolute atomic E-state index is 0. The fourth-order valence-corrected chi connectivity index (χ4v) is 8.25. The average Bonchev–Trinajstić information content (AvgIpc) is 3.78. The Kier molecular flexibility index (Phi) is 12.9. The molecule has 0 amide bonds. The maximum Gasteiger partial charge on any atom is 2.00 e. The van der Waals surface area contributed by atoms with Crippen LogP contribution in [0.3, 0.4) is 0 Å². The SMILES string of the molecule is [C-]#[N+]C1=C(C)/C(=C(/c2[n-]c(C)c(C#N)c2C)c2c(C)cc(C)cc2C)N=C1C.[C-]#[N+]c1c(C)[n-]c(/C(=C2\N=C(C)C(C#N)=C2C)c2c(C)cc(C)cc2C)c1C.[Co+2]. The number of benzene rings is 2. The molecule has 2 aromatic heterocycles. The van der Waals surface area contributed by atoms with Gasteiger partial charge >= 0.3 is 16.8 Å². The van der Waals surface area contributed by atoms with Gasteiger partial charge in [-0.15, -0.1) is 17.1 Å². The van der Waals surface area contributed by atoms with Crippen LogP contribution in [0.2, 0.25) is 0 Å². The van der Waals surface area contributed by atoms with E-state index in [2.05, 4.69) is 87.6 Å². The van der Waals surface area contributed by atoms with Crippen molar-refractivity contribution in [1.29, 1.82) is 10.5 Å². The summed E-state index contributed by atoms with van der Waals surface area (Å²) in [6.45, 7) is 42.8. The zero-order valence-electron chi connectivity index (χ0n) is 35.2. The molecule has 0 saturated carbocycles. The van der Waals surface area contributed by atoms with Crippen molar-refractivity contribution in [3.8, 4) is 12.1 Å². The summed E-state index contributed by atoms with van der Waals surface area (Å²) in [6.07, 6.45) is 0. The van der Waals surface area contributed by atoms with Gasteiger partial charge in [-0.2, -0.15) is 16.2 Å². The molecule has 57 heavy (non-hydrogen) atoms. The van der Waals surface area contributed by atoms with Crippen molar-refractivity contribution < 1.29 is 16.8 Å². The van der Waals surface area contributed by atoms with Gasteiger partial charge in [0.1, 0.15) is 6.07 Å². The number of nitriles is 2. The predicted octanol–water partition coefficient (Wildman–Crippen LogP) is 11.3. The van der Waals surface area contributed by atoms with Crippen molar-refractivity contribution in [2.24, 2.45) is 9.98 Å². The summed E-state index contributed by atoms with van der Waals surface area (Å²) in [7, 11) is 0. The molecule has 0 atom stereocenters. The van der Waals surface area contributed by atoms with Gasteiger partial charge in [-0.25, -0.2) is 9.69 Å². The van der Waals surface area contributed by atoms with Crippen molar-refractivity contribution in [2.45, 2.75) is 96.9 Å². The molecular formula is C48H46CoN8. The summed E-state index contributed by atoms with van der Waals surface area (Å²) < 4.78 is 0. The van der Waals surface area contributed by atoms with E-state index in [4.69, 9.17) is 33.1 Å². The van der Waals surface area contributed by atoms with E-state index < -0.39 is 0 Å². The summed E-state index contributed by atoms with van der Waals surface area (Å²) in [4.78, 5) is 26.4. The van der Waals surface area contributed by atoms with Gasteiger partial charge in [-0.3, -0.25) is 9.98 Å². The molecule has 6 rings (SSSR count). The summed E-state index contributed by atoms with van der Waals surface area (Å²) in [5.74, 6) is 0. The third-order valence-corrected chi connectivity index (χ3v) is 10.7. The molecule has 2 aliphatic rings. The molecule has 1 radical (unpaired) electrons. The first kappa shape index (κ1) is 43.5. The maximum atomic E-state index is 9.57. The summed E-state index contributed by atoms with van der Waals surface area (Å²) >= 11 is 0. The van der Waals surface area contributed by atoms with Crippen LogP contribution in [0.5, 0.6) is 0 Å². The summed E-state index contributed by atoms with van der Waals surface area (Å²) in [5, 5.41) is 19.1. The average molecular weight is 794 g/mol. The zero-order valence-corrected chi connectivity index (χ0v) is 36.3. The summed E-state index contributed by atoms with van der Waals surface area (Å²) in [5.41, 5.74) is 22.8. The molecule has 0 N–H and O–H groups in total. The van der Waals surface area contributed by atoms with Crippen LogP contribution in [0.4, 0.5) is 5.69 Å². The van der Waals surface area contributed by atoms with Crippen LogP contribution in [-0.2, 0) is 16.8 Å². The second-order valence-corrected chi connectivity index (χ2v) is 14.9. The van der Waals surface area contributed by atoms with E-state index in [9.17, 15) is 10.5 Å². The number of aromatic nitrogens is 2. The number of hydrogen-bond donors (Lipinski definition) is 0. The molecule has 2 aromatic carbocycles. The van der Waals surface area contributed by atoms with Crippen molar-refractivity contribution in [2.75, 3.05) is 0 Å². The first-order chi connectivity index (χ1) is 26.4. The van der Waals surface area contributed by atoms with Crippen molar-refractivity contribution in [3.05, 3.63) is 165 Å². The van der Waals surface area contributed by atoms with E-state index in [-0.39, 0.29) is 16.8 Å². The minimum atomic E-state index is 0. The van der Waals surface area contributed by atoms with Crippen LogP contribution in [0.15, 0.2) is 68.1 Å². The van der Waals surface area contributed by atoms with E-state index in [1.165, 1.54) is 11.1 Å². The number of aryl methyl sites for hydroxylation is 8. The van der Waals surface area contributed by atoms with Crippen LogP contribution in [-0.4, -0.2) is 11.4 Å². The van der Waals surface area contributed by atoms with Crippen LogP contribution < -0.4 is 9.97 Å². The van der Waals surface area contributed by atoms with Crippen molar-refractivity contribution in [3.63, 3.8) is 0 Å². The molecule has 0 saturated heterocycles. The number of allylic oxidation sites excluding steroid dienone is 4. The number of rotatable bonds is 4. The third-order valence-electron chi connectivity index (χ3n) is 10.7. The number of hydrogen-bond acceptors (Lipinski definition) is 4. The molecular weight excluding hydrogens is 748 g/mol. The van der Waals surface area contributed by atoms with Gasteiger partial charge < -0.3 is 9.97 Å². The molecule has 4 heterocycles. The van der Waals surface area contributed by atoms with Gasteiger partial charge in [0.2, 0.25) is 5.70 Å². The first-order valence-corrected chi connectivity index (χ1v) is 18.4. The molecule has 0 bridgehead atoms. The molecule has 287 valence electrons. The Bertz CT molecular complexity index is 2520. The van der Waals surface area contributed by atoms with Crippen LogP contribution in [0.25, 0.3) is 20.8 Å². The maximum absolute atomic E-state index is 9.57. The van der Waals surface area contributed by atoms with E-state index in [0.29, 0.717) is 22.5 Å². The van der Waals surface area contributed by atoms with Gasteiger partial charge in [0.15, 0.2) is 5.69 Å².